The van der Waals surface area contributed by atoms with E-state index < -0.39 is 53.9 Å². The second kappa shape index (κ2) is 18.9. The highest BCUT2D eigenvalue weighted by molar-refractivity contribution is 5.69. The molecule has 51 heavy (non-hydrogen) atoms. The molecule has 3 rings (SSSR count). The molecule has 0 spiro atoms. The highest BCUT2D eigenvalue weighted by atomic mass is 19.4. The molecule has 1 aromatic heterocycles. The predicted molar refractivity (Wildman–Crippen MR) is 169 cm³/mol. The van der Waals surface area contributed by atoms with Crippen molar-refractivity contribution in [2.45, 2.75) is 70.6 Å². The Balaban J connectivity index is 1.91. The molecule has 2 aromatic carbocycles. The van der Waals surface area contributed by atoms with E-state index in [1.807, 2.05) is 0 Å². The number of halogens is 9. The zero-order valence-corrected chi connectivity index (χ0v) is 28.0. The molecule has 1 heterocycles. The van der Waals surface area contributed by atoms with Crippen LogP contribution in [0, 0.1) is 0 Å². The Kier molecular flexibility index (Phi) is 15.3. The maximum atomic E-state index is 13.8. The number of carbonyl (C=O) groups is 1. The van der Waals surface area contributed by atoms with Crippen LogP contribution in [-0.4, -0.2) is 56.0 Å². The van der Waals surface area contributed by atoms with Gasteiger partial charge < -0.3 is 24.4 Å². The second-order valence-corrected chi connectivity index (χ2v) is 11.4. The Morgan fingerprint density at radius 3 is 2.00 bits per heavy atom. The van der Waals surface area contributed by atoms with Crippen LogP contribution in [0.15, 0.2) is 48.8 Å². The normalized spacial score (nSPS) is 12.2. The summed E-state index contributed by atoms with van der Waals surface area (Å²) in [7, 11) is 1.45. The van der Waals surface area contributed by atoms with Gasteiger partial charge in [-0.1, -0.05) is 12.5 Å². The Labute approximate surface area is 289 Å². The van der Waals surface area contributed by atoms with Crippen LogP contribution in [-0.2, 0) is 52.3 Å². The average Bonchev–Trinajstić information content (AvgIpc) is 3.05. The van der Waals surface area contributed by atoms with Crippen molar-refractivity contribution in [1.29, 1.82) is 0 Å². The van der Waals surface area contributed by atoms with E-state index in [9.17, 15) is 44.3 Å². The molecule has 0 radical (unpaired) electrons. The third-order valence-electron chi connectivity index (χ3n) is 7.48. The van der Waals surface area contributed by atoms with E-state index in [1.54, 1.807) is 6.92 Å². The van der Waals surface area contributed by atoms with E-state index in [1.165, 1.54) is 30.5 Å². The Hall–Kier alpha value is -4.12. The lowest BCUT2D eigenvalue weighted by Crippen LogP contribution is -2.26. The quantitative estimate of drug-likeness (QED) is 0.0753. The maximum Gasteiger partial charge on any atom is 0.416 e. The second-order valence-electron chi connectivity index (χ2n) is 11.4. The average molecular weight is 739 g/mol. The van der Waals surface area contributed by atoms with Crippen LogP contribution in [0.25, 0.3) is 0 Å². The summed E-state index contributed by atoms with van der Waals surface area (Å²) in [6.07, 6.45) is -9.85. The molecule has 0 amide bonds. The molecule has 1 N–H and O–H groups in total. The zero-order chi connectivity index (χ0) is 37.7. The lowest BCUT2D eigenvalue weighted by molar-refractivity contribution is -0.144. The van der Waals surface area contributed by atoms with Crippen LogP contribution in [0.3, 0.4) is 0 Å². The first-order valence-corrected chi connectivity index (χ1v) is 16.0. The van der Waals surface area contributed by atoms with Gasteiger partial charge in [0.1, 0.15) is 6.61 Å². The number of unbranched alkanes of at least 4 members (excludes halogenated alkanes) is 2. The zero-order valence-electron chi connectivity index (χ0n) is 28.0. The standard InChI is InChI=1S/C34H39F9N4O4/c1-3-50-30(48)7-5-4-6-11-44-12-10-24-8-9-26(32(35,36)37)17-25(24)22-47(31-45-19-29(20-46-31)51-14-13-49-2)21-23-15-27(33(38,39)40)18-28(16-23)34(41,42)43/h8-9,15-20,44H,3-7,10-14,21-22H2,1-2H3. The van der Waals surface area contributed by atoms with Gasteiger partial charge in [0.2, 0.25) is 5.95 Å². The SMILES string of the molecule is CCOC(=O)CCCCCNCCc1ccc(C(F)(F)F)cc1CN(Cc1cc(C(F)(F)F)cc(C(F)(F)F)c1)c1ncc(OCCOC)cn1. The van der Waals surface area contributed by atoms with Crippen LogP contribution >= 0.6 is 0 Å². The first-order valence-electron chi connectivity index (χ1n) is 16.0. The number of nitrogens with zero attached hydrogens (tertiary/aromatic N) is 3. The lowest BCUT2D eigenvalue weighted by Gasteiger charge is -2.26. The van der Waals surface area contributed by atoms with Crippen molar-refractivity contribution in [2.24, 2.45) is 0 Å². The molecule has 0 saturated heterocycles. The first-order chi connectivity index (χ1) is 24.0. The largest absolute Gasteiger partial charge is 0.488 e. The number of benzene rings is 2. The maximum absolute atomic E-state index is 13.8. The van der Waals surface area contributed by atoms with Crippen molar-refractivity contribution in [1.82, 2.24) is 15.3 Å². The topological polar surface area (TPSA) is 85.8 Å². The fourth-order valence-corrected chi connectivity index (χ4v) is 4.99. The molecule has 17 heteroatoms. The van der Waals surface area contributed by atoms with Crippen molar-refractivity contribution in [3.63, 3.8) is 0 Å². The van der Waals surface area contributed by atoms with Gasteiger partial charge in [-0.3, -0.25) is 4.79 Å². The number of carbonyl (C=O) groups excluding carboxylic acids is 1. The predicted octanol–water partition coefficient (Wildman–Crippen LogP) is 8.02. The Morgan fingerprint density at radius 2 is 1.41 bits per heavy atom. The molecular formula is C34H39F9N4O4. The van der Waals surface area contributed by atoms with E-state index in [0.717, 1.165) is 25.0 Å². The third-order valence-corrected chi connectivity index (χ3v) is 7.48. The number of esters is 1. The van der Waals surface area contributed by atoms with Gasteiger partial charge in [-0.15, -0.1) is 0 Å². The molecule has 0 aliphatic carbocycles. The molecule has 0 aliphatic heterocycles. The van der Waals surface area contributed by atoms with Crippen LogP contribution in [0.5, 0.6) is 5.75 Å². The molecule has 0 aliphatic rings. The number of ether oxygens (including phenoxy) is 3. The van der Waals surface area contributed by atoms with Gasteiger partial charge in [0.05, 0.1) is 42.3 Å². The summed E-state index contributed by atoms with van der Waals surface area (Å²) in [5, 5.41) is 3.20. The Morgan fingerprint density at radius 1 is 0.765 bits per heavy atom. The number of hydrogen-bond donors (Lipinski definition) is 1. The highest BCUT2D eigenvalue weighted by Gasteiger charge is 2.37. The molecule has 0 fully saturated rings. The van der Waals surface area contributed by atoms with Gasteiger partial charge in [0, 0.05) is 26.6 Å². The van der Waals surface area contributed by atoms with E-state index >= 15 is 0 Å². The molecular weight excluding hydrogens is 699 g/mol. The van der Waals surface area contributed by atoms with Crippen molar-refractivity contribution < 1.29 is 58.5 Å². The highest BCUT2D eigenvalue weighted by Crippen LogP contribution is 2.37. The summed E-state index contributed by atoms with van der Waals surface area (Å²) in [4.78, 5) is 21.0. The van der Waals surface area contributed by atoms with E-state index in [4.69, 9.17) is 14.2 Å². The van der Waals surface area contributed by atoms with Gasteiger partial charge in [0.25, 0.3) is 0 Å². The van der Waals surface area contributed by atoms with Crippen molar-refractivity contribution in [3.05, 3.63) is 82.2 Å². The molecule has 0 saturated carbocycles. The number of aromatic nitrogens is 2. The monoisotopic (exact) mass is 738 g/mol. The van der Waals surface area contributed by atoms with E-state index in [2.05, 4.69) is 15.3 Å². The molecule has 0 bridgehead atoms. The number of anilines is 1. The minimum atomic E-state index is -5.11. The molecule has 0 unspecified atom stereocenters. The smallest absolute Gasteiger partial charge is 0.416 e. The number of methoxy groups -OCH3 is 1. The minimum Gasteiger partial charge on any atom is -0.488 e. The van der Waals surface area contributed by atoms with Crippen molar-refractivity contribution in [2.75, 3.05) is 44.9 Å². The van der Waals surface area contributed by atoms with E-state index in [0.29, 0.717) is 50.2 Å². The van der Waals surface area contributed by atoms with Crippen molar-refractivity contribution in [3.8, 4) is 5.75 Å². The van der Waals surface area contributed by atoms with Crippen LogP contribution in [0.2, 0.25) is 0 Å². The third kappa shape index (κ3) is 13.8. The van der Waals surface area contributed by atoms with Crippen LogP contribution < -0.4 is 15.0 Å². The van der Waals surface area contributed by atoms with E-state index in [-0.39, 0.29) is 48.9 Å². The molecule has 0 atom stereocenters. The van der Waals surface area contributed by atoms with Gasteiger partial charge in [-0.2, -0.15) is 39.5 Å². The van der Waals surface area contributed by atoms with Gasteiger partial charge in [0.15, 0.2) is 5.75 Å². The summed E-state index contributed by atoms with van der Waals surface area (Å²) in [6, 6.07) is 4.19. The summed E-state index contributed by atoms with van der Waals surface area (Å²) >= 11 is 0. The minimum absolute atomic E-state index is 0.00516. The first kappa shape index (κ1) is 41.3. The summed E-state index contributed by atoms with van der Waals surface area (Å²) in [5.41, 5.74) is -3.91. The summed E-state index contributed by atoms with van der Waals surface area (Å²) in [5.74, 6) is -0.273. The summed E-state index contributed by atoms with van der Waals surface area (Å²) in [6.45, 7) is 2.29. The molecule has 3 aromatic rings. The lowest BCUT2D eigenvalue weighted by atomic mass is 9.99. The van der Waals surface area contributed by atoms with Crippen LogP contribution in [0.4, 0.5) is 45.5 Å². The van der Waals surface area contributed by atoms with Gasteiger partial charge in [-0.25, -0.2) is 9.97 Å². The Bertz CT molecular complexity index is 1500. The van der Waals surface area contributed by atoms with Crippen molar-refractivity contribution >= 4 is 11.9 Å². The number of hydrogen-bond acceptors (Lipinski definition) is 8. The van der Waals surface area contributed by atoms with Gasteiger partial charge >= 0.3 is 24.5 Å². The van der Waals surface area contributed by atoms with Crippen LogP contribution in [0.1, 0.15) is 66.0 Å². The fourth-order valence-electron chi connectivity index (χ4n) is 4.99. The number of rotatable bonds is 19. The number of nitrogens with one attached hydrogen (secondary N) is 1. The molecule has 8 nitrogen and oxygen atoms in total. The molecule has 282 valence electrons. The number of alkyl halides is 9. The summed E-state index contributed by atoms with van der Waals surface area (Å²) < 4.78 is 139. The van der Waals surface area contributed by atoms with Gasteiger partial charge in [-0.05, 0) is 86.3 Å². The fraction of sp³-hybridized carbons (Fsp3) is 0.500.